The molecule has 3 rings (SSSR count). The number of hydrogen-bond acceptors (Lipinski definition) is 4. The quantitative estimate of drug-likeness (QED) is 0.872. The van der Waals surface area contributed by atoms with Crippen molar-refractivity contribution in [2.45, 2.75) is 18.0 Å². The Morgan fingerprint density at radius 1 is 1.19 bits per heavy atom. The lowest BCUT2D eigenvalue weighted by Crippen LogP contribution is -2.27. The molecule has 1 aromatic carbocycles. The zero-order valence-electron chi connectivity index (χ0n) is 14.1. The number of aromatic nitrogens is 2. The highest BCUT2D eigenvalue weighted by Crippen LogP contribution is 2.41. The van der Waals surface area contributed by atoms with Gasteiger partial charge in [-0.1, -0.05) is 12.1 Å². The Morgan fingerprint density at radius 3 is 2.31 bits per heavy atom. The molecule has 0 radical (unpaired) electrons. The van der Waals surface area contributed by atoms with Crippen molar-refractivity contribution in [2.24, 2.45) is 0 Å². The Balaban J connectivity index is 1.97. The molecule has 2 heterocycles. The van der Waals surface area contributed by atoms with E-state index >= 15 is 0 Å². The number of rotatable bonds is 4. The highest BCUT2D eigenvalue weighted by molar-refractivity contribution is 7.88. The van der Waals surface area contributed by atoms with Crippen LogP contribution in [0.3, 0.4) is 0 Å². The van der Waals surface area contributed by atoms with Crippen LogP contribution in [0.25, 0.3) is 0 Å². The third kappa shape index (κ3) is 3.70. The fourth-order valence-electron chi connectivity index (χ4n) is 3.21. The van der Waals surface area contributed by atoms with Crippen molar-refractivity contribution < 1.29 is 26.3 Å². The van der Waals surface area contributed by atoms with Crippen LogP contribution >= 0.6 is 0 Å². The topological polar surface area (TPSA) is 75.3 Å². The van der Waals surface area contributed by atoms with E-state index in [1.807, 2.05) is 0 Å². The molecule has 0 aliphatic carbocycles. The number of ether oxygens (including phenoxy) is 1. The first-order valence-electron chi connectivity index (χ1n) is 7.81. The summed E-state index contributed by atoms with van der Waals surface area (Å²) in [5, 5.41) is 5.77. The van der Waals surface area contributed by atoms with E-state index in [2.05, 4.69) is 10.2 Å². The number of benzene rings is 1. The van der Waals surface area contributed by atoms with E-state index in [9.17, 15) is 21.6 Å². The van der Waals surface area contributed by atoms with Gasteiger partial charge in [-0.05, 0) is 23.8 Å². The molecule has 0 spiro atoms. The first-order chi connectivity index (χ1) is 12.1. The molecule has 2 atom stereocenters. The van der Waals surface area contributed by atoms with Gasteiger partial charge in [0, 0.05) is 30.6 Å². The van der Waals surface area contributed by atoms with Gasteiger partial charge in [0.05, 0.1) is 13.4 Å². The van der Waals surface area contributed by atoms with Crippen molar-refractivity contribution in [2.75, 3.05) is 26.5 Å². The van der Waals surface area contributed by atoms with Gasteiger partial charge in [0.1, 0.15) is 5.75 Å². The van der Waals surface area contributed by atoms with Crippen molar-refractivity contribution in [3.05, 3.63) is 47.3 Å². The first-order valence-corrected chi connectivity index (χ1v) is 9.66. The first kappa shape index (κ1) is 18.7. The number of H-pyrrole nitrogens is 1. The van der Waals surface area contributed by atoms with Gasteiger partial charge in [0.2, 0.25) is 10.0 Å². The van der Waals surface area contributed by atoms with Gasteiger partial charge in [-0.3, -0.25) is 5.10 Å². The molecular formula is C16H18F3N3O3S. The summed E-state index contributed by atoms with van der Waals surface area (Å²) < 4.78 is 68.9. The van der Waals surface area contributed by atoms with Gasteiger partial charge in [-0.2, -0.15) is 18.3 Å². The van der Waals surface area contributed by atoms with Crippen LogP contribution in [0.15, 0.2) is 30.3 Å². The summed E-state index contributed by atoms with van der Waals surface area (Å²) in [5.74, 6) is -0.108. The summed E-state index contributed by atoms with van der Waals surface area (Å²) in [6.45, 7) is 0.283. The molecule has 0 unspecified atom stereocenters. The van der Waals surface area contributed by atoms with E-state index < -0.39 is 27.8 Å². The summed E-state index contributed by atoms with van der Waals surface area (Å²) in [5.41, 5.74) is 0.0770. The lowest BCUT2D eigenvalue weighted by Gasteiger charge is -2.17. The number of sulfonamides is 1. The lowest BCUT2D eigenvalue weighted by atomic mass is 9.86. The normalized spacial score (nSPS) is 21.9. The maximum absolute atomic E-state index is 12.9. The minimum absolute atomic E-state index is 0.0923. The van der Waals surface area contributed by atoms with Crippen LogP contribution in [0.5, 0.6) is 5.75 Å². The maximum atomic E-state index is 12.9. The number of halogens is 3. The summed E-state index contributed by atoms with van der Waals surface area (Å²) >= 11 is 0. The fourth-order valence-corrected chi connectivity index (χ4v) is 4.08. The minimum atomic E-state index is -4.56. The second kappa shape index (κ2) is 6.58. The SMILES string of the molecule is COc1ccc([C@@H]2CN(S(C)(=O)=O)C[C@H]2c2cc(C(F)(F)F)n[nH]2)cc1. The van der Waals surface area contributed by atoms with Crippen molar-refractivity contribution in [1.29, 1.82) is 0 Å². The van der Waals surface area contributed by atoms with Crippen LogP contribution in [0, 0.1) is 0 Å². The van der Waals surface area contributed by atoms with Crippen LogP contribution in [-0.4, -0.2) is 49.4 Å². The molecule has 1 aromatic heterocycles. The second-order valence-electron chi connectivity index (χ2n) is 6.27. The van der Waals surface area contributed by atoms with Crippen LogP contribution in [0.1, 0.15) is 28.8 Å². The summed E-state index contributed by atoms with van der Waals surface area (Å²) in [7, 11) is -1.94. The largest absolute Gasteiger partial charge is 0.497 e. The predicted octanol–water partition coefficient (Wildman–Crippen LogP) is 2.58. The molecular weight excluding hydrogens is 371 g/mol. The second-order valence-corrected chi connectivity index (χ2v) is 8.25. The van der Waals surface area contributed by atoms with Gasteiger partial charge < -0.3 is 4.74 Å². The van der Waals surface area contributed by atoms with E-state index in [0.29, 0.717) is 5.75 Å². The molecule has 1 fully saturated rings. The average molecular weight is 389 g/mol. The van der Waals surface area contributed by atoms with Crippen molar-refractivity contribution in [3.63, 3.8) is 0 Å². The fraction of sp³-hybridized carbons (Fsp3) is 0.438. The highest BCUT2D eigenvalue weighted by Gasteiger charge is 2.41. The average Bonchev–Trinajstić information content (AvgIpc) is 3.20. The third-order valence-electron chi connectivity index (χ3n) is 4.59. The van der Waals surface area contributed by atoms with Crippen LogP contribution in [-0.2, 0) is 16.2 Å². The molecule has 10 heteroatoms. The molecule has 0 bridgehead atoms. The zero-order valence-corrected chi connectivity index (χ0v) is 14.9. The molecule has 26 heavy (non-hydrogen) atoms. The van der Waals surface area contributed by atoms with E-state index in [1.165, 1.54) is 11.4 Å². The molecule has 1 saturated heterocycles. The van der Waals surface area contributed by atoms with Gasteiger partial charge in [-0.25, -0.2) is 12.7 Å². The van der Waals surface area contributed by atoms with Crippen molar-refractivity contribution in [1.82, 2.24) is 14.5 Å². The molecule has 0 amide bonds. The summed E-state index contributed by atoms with van der Waals surface area (Å²) in [6, 6.07) is 8.02. The molecule has 0 saturated carbocycles. The molecule has 2 aromatic rings. The minimum Gasteiger partial charge on any atom is -0.497 e. The van der Waals surface area contributed by atoms with Crippen LogP contribution in [0.4, 0.5) is 13.2 Å². The Morgan fingerprint density at radius 2 is 1.81 bits per heavy atom. The molecule has 1 N–H and O–H groups in total. The van der Waals surface area contributed by atoms with Crippen molar-refractivity contribution >= 4 is 10.0 Å². The van der Waals surface area contributed by atoms with Crippen LogP contribution in [0.2, 0.25) is 0 Å². The smallest absolute Gasteiger partial charge is 0.435 e. The van der Waals surface area contributed by atoms with Gasteiger partial charge in [0.15, 0.2) is 5.69 Å². The van der Waals surface area contributed by atoms with E-state index in [4.69, 9.17) is 4.74 Å². The Hall–Kier alpha value is -2.07. The van der Waals surface area contributed by atoms with Gasteiger partial charge in [-0.15, -0.1) is 0 Å². The number of hydrogen-bond donors (Lipinski definition) is 1. The summed E-state index contributed by atoms with van der Waals surface area (Å²) in [6.07, 6.45) is -3.46. The number of alkyl halides is 3. The maximum Gasteiger partial charge on any atom is 0.435 e. The third-order valence-corrected chi connectivity index (χ3v) is 5.82. The standard InChI is InChI=1S/C16H18F3N3O3S/c1-25-11-5-3-10(4-6-11)12-8-22(26(2,23)24)9-13(12)14-7-15(21-20-14)16(17,18)19/h3-7,12-13H,8-9H2,1-2H3,(H,20,21)/t12-,13+/m0/s1. The van der Waals surface area contributed by atoms with E-state index in [0.717, 1.165) is 17.9 Å². The predicted molar refractivity (Wildman–Crippen MR) is 88.5 cm³/mol. The van der Waals surface area contributed by atoms with E-state index in [-0.39, 0.29) is 24.7 Å². The number of aromatic amines is 1. The Bertz CT molecular complexity index is 878. The number of nitrogens with one attached hydrogen (secondary N) is 1. The zero-order chi connectivity index (χ0) is 19.1. The monoisotopic (exact) mass is 389 g/mol. The molecule has 1 aliphatic rings. The van der Waals surface area contributed by atoms with Crippen molar-refractivity contribution in [3.8, 4) is 5.75 Å². The Labute approximate surface area is 149 Å². The lowest BCUT2D eigenvalue weighted by molar-refractivity contribution is -0.141. The van der Waals surface area contributed by atoms with E-state index in [1.54, 1.807) is 24.3 Å². The van der Waals surface area contributed by atoms with Crippen LogP contribution < -0.4 is 4.74 Å². The van der Waals surface area contributed by atoms with Gasteiger partial charge in [0.25, 0.3) is 0 Å². The Kier molecular flexibility index (Phi) is 4.74. The molecule has 1 aliphatic heterocycles. The van der Waals surface area contributed by atoms with Gasteiger partial charge >= 0.3 is 6.18 Å². The number of nitrogens with zero attached hydrogens (tertiary/aromatic N) is 2. The summed E-state index contributed by atoms with van der Waals surface area (Å²) in [4.78, 5) is 0. The number of methoxy groups -OCH3 is 1. The molecule has 6 nitrogen and oxygen atoms in total. The highest BCUT2D eigenvalue weighted by atomic mass is 32.2. The molecule has 142 valence electrons.